The molecule has 3 nitrogen and oxygen atoms in total. The first-order valence-corrected chi connectivity index (χ1v) is 5.29. The second-order valence-corrected chi connectivity index (χ2v) is 2.59. The van der Waals surface area contributed by atoms with Crippen LogP contribution in [0.5, 0.6) is 0 Å². The maximum absolute atomic E-state index is 10.4. The van der Waals surface area contributed by atoms with Crippen LogP contribution in [0.1, 0.15) is 39.5 Å². The lowest BCUT2D eigenvalue weighted by atomic mass is 10.00. The van der Waals surface area contributed by atoms with Crippen molar-refractivity contribution in [2.45, 2.75) is 39.5 Å². The molecule has 0 aliphatic carbocycles. The Balaban J connectivity index is 0. The molecule has 0 spiro atoms. The van der Waals surface area contributed by atoms with Crippen molar-refractivity contribution in [2.24, 2.45) is 5.92 Å². The quantitative estimate of drug-likeness (QED) is 0.631. The first kappa shape index (κ1) is 14.5. The Kier molecular flexibility index (Phi) is 13.2. The minimum atomic E-state index is -0.643. The minimum absolute atomic E-state index is 0.111. The van der Waals surface area contributed by atoms with E-state index < -0.39 is 5.97 Å². The highest BCUT2D eigenvalue weighted by molar-refractivity contribution is 5.95. The van der Waals surface area contributed by atoms with E-state index in [9.17, 15) is 4.79 Å². The lowest BCUT2D eigenvalue weighted by molar-refractivity contribution is -0.142. The Labute approximate surface area is 82.5 Å². The average molecular weight is 190 g/mol. The lowest BCUT2D eigenvalue weighted by Gasteiger charge is -2.06. The summed E-state index contributed by atoms with van der Waals surface area (Å²) in [7, 11) is 0. The summed E-state index contributed by atoms with van der Waals surface area (Å²) in [4.78, 5) is 10.4. The van der Waals surface area contributed by atoms with Gasteiger partial charge in [-0.25, -0.2) is 0 Å². The van der Waals surface area contributed by atoms with Gasteiger partial charge in [-0.05, 0) is 12.8 Å². The summed E-state index contributed by atoms with van der Waals surface area (Å²) in [5.74, 6) is -0.754. The minimum Gasteiger partial charge on any atom is -0.521 e. The van der Waals surface area contributed by atoms with Gasteiger partial charge < -0.3 is 9.26 Å². The van der Waals surface area contributed by atoms with E-state index in [1.54, 1.807) is 0 Å². The summed E-state index contributed by atoms with van der Waals surface area (Å²) in [5.41, 5.74) is 0. The summed E-state index contributed by atoms with van der Waals surface area (Å²) in [6.07, 6.45) is 3.71. The highest BCUT2D eigenvalue weighted by Gasteiger charge is 2.12. The molecule has 0 aromatic carbocycles. The second kappa shape index (κ2) is 11.0. The van der Waals surface area contributed by atoms with Gasteiger partial charge in [0, 0.05) is 0 Å². The normalized spacial score (nSPS) is 11.2. The highest BCUT2D eigenvalue weighted by Crippen LogP contribution is 2.11. The molecule has 0 saturated heterocycles. The van der Waals surface area contributed by atoms with Crippen LogP contribution in [0.3, 0.4) is 0 Å². The Hall–Kier alpha value is -0.0375. The van der Waals surface area contributed by atoms with Gasteiger partial charge in [0.15, 0.2) is 0 Å². The van der Waals surface area contributed by atoms with Crippen molar-refractivity contribution in [3.63, 3.8) is 0 Å². The zero-order chi connectivity index (χ0) is 9.98. The van der Waals surface area contributed by atoms with Crippen LogP contribution >= 0.6 is 0 Å². The molecule has 0 aliphatic rings. The second-order valence-electron chi connectivity index (χ2n) is 2.59. The zero-order valence-corrected chi connectivity index (χ0v) is 10.2. The Bertz CT molecular complexity index is 106. The van der Waals surface area contributed by atoms with Crippen LogP contribution in [0.15, 0.2) is 0 Å². The van der Waals surface area contributed by atoms with E-state index in [4.69, 9.17) is 9.26 Å². The van der Waals surface area contributed by atoms with Crippen LogP contribution in [-0.2, 0) is 4.79 Å². The van der Waals surface area contributed by atoms with Gasteiger partial charge >= 0.3 is 22.6 Å². The predicted octanol–water partition coefficient (Wildman–Crippen LogP) is 0.814. The lowest BCUT2D eigenvalue weighted by Crippen LogP contribution is -2.11. The molecule has 12 heavy (non-hydrogen) atoms. The number of carbonyl (C=O) groups is 1. The van der Waals surface area contributed by atoms with Gasteiger partial charge in [-0.3, -0.25) is 4.79 Å². The molecule has 0 aromatic rings. The number of carboxylic acid groups (broad SMARTS) is 1. The van der Waals surface area contributed by atoms with E-state index in [0.29, 0.717) is 16.6 Å². The van der Waals surface area contributed by atoms with Crippen LogP contribution in [0.4, 0.5) is 0 Å². The Morgan fingerprint density at radius 1 is 1.42 bits per heavy atom. The van der Waals surface area contributed by atoms with Crippen LogP contribution in [0, 0.1) is 5.92 Å². The highest BCUT2D eigenvalue weighted by atomic mass is 27.1. The van der Waals surface area contributed by atoms with Gasteiger partial charge in [-0.15, -0.1) is 0 Å². The fourth-order valence-corrected chi connectivity index (χ4v) is 0.953. The molecule has 4 heteroatoms. The first-order valence-electron chi connectivity index (χ1n) is 4.39. The van der Waals surface area contributed by atoms with E-state index in [0.717, 1.165) is 25.7 Å². The maximum atomic E-state index is 10.4. The van der Waals surface area contributed by atoms with Crippen molar-refractivity contribution in [2.75, 3.05) is 0 Å². The van der Waals surface area contributed by atoms with Gasteiger partial charge in [0.1, 0.15) is 0 Å². The van der Waals surface area contributed by atoms with Gasteiger partial charge in [0.05, 0.1) is 5.92 Å². The molecule has 0 bridgehead atoms. The number of carboxylic acids is 1. The zero-order valence-electron chi connectivity index (χ0n) is 8.21. The number of rotatable bonds is 5. The molecule has 0 aromatic heterocycles. The maximum Gasteiger partial charge on any atom is 0.407 e. The molecule has 72 valence electrons. The fourth-order valence-electron chi connectivity index (χ4n) is 0.953. The van der Waals surface area contributed by atoms with Crippen molar-refractivity contribution in [1.82, 2.24) is 0 Å². The van der Waals surface area contributed by atoms with E-state index in [1.165, 1.54) is 0 Å². The van der Waals surface area contributed by atoms with Crippen LogP contribution in [0.2, 0.25) is 0 Å². The number of aliphatic carboxylic acids is 1. The van der Waals surface area contributed by atoms with Gasteiger partial charge in [0.25, 0.3) is 0 Å². The molecular weight excluding hydrogens is 171 g/mol. The SMILES string of the molecule is CCCCC(CC)C(=O)O.[OH][AlH2]. The van der Waals surface area contributed by atoms with Crippen LogP contribution in [-0.4, -0.2) is 31.9 Å². The third kappa shape index (κ3) is 8.06. The number of hydrogen-bond acceptors (Lipinski definition) is 2. The summed E-state index contributed by atoms with van der Waals surface area (Å²) in [5, 5.41) is 8.60. The van der Waals surface area contributed by atoms with Crippen LogP contribution in [0.25, 0.3) is 0 Å². The third-order valence-electron chi connectivity index (χ3n) is 1.75. The topological polar surface area (TPSA) is 57.5 Å². The molecule has 1 atom stereocenters. The molecule has 0 fully saturated rings. The molecule has 0 radical (unpaired) electrons. The van der Waals surface area contributed by atoms with E-state index >= 15 is 0 Å². The molecule has 1 unspecified atom stereocenters. The molecule has 0 saturated carbocycles. The largest absolute Gasteiger partial charge is 0.521 e. The van der Waals surface area contributed by atoms with Crippen molar-refractivity contribution in [3.05, 3.63) is 0 Å². The molecular formula is C8H19AlO3. The summed E-state index contributed by atoms with van der Waals surface area (Å²) >= 11 is 0.306. The van der Waals surface area contributed by atoms with Gasteiger partial charge in [0.2, 0.25) is 0 Å². The smallest absolute Gasteiger partial charge is 0.407 e. The number of unbranched alkanes of at least 4 members (excludes halogenated alkanes) is 1. The van der Waals surface area contributed by atoms with E-state index in [2.05, 4.69) is 6.92 Å². The van der Waals surface area contributed by atoms with Crippen molar-refractivity contribution < 1.29 is 14.1 Å². The summed E-state index contributed by atoms with van der Waals surface area (Å²) in [6.45, 7) is 4.00. The Morgan fingerprint density at radius 2 is 1.92 bits per heavy atom. The van der Waals surface area contributed by atoms with Crippen molar-refractivity contribution >= 4 is 22.6 Å². The summed E-state index contributed by atoms with van der Waals surface area (Å²) < 4.78 is 7.14. The van der Waals surface area contributed by atoms with Gasteiger partial charge in [-0.2, -0.15) is 0 Å². The fraction of sp³-hybridized carbons (Fsp3) is 0.875. The molecule has 0 aliphatic heterocycles. The van der Waals surface area contributed by atoms with E-state index in [1.807, 2.05) is 6.92 Å². The Morgan fingerprint density at radius 3 is 2.17 bits per heavy atom. The molecule has 0 rings (SSSR count). The van der Waals surface area contributed by atoms with Crippen LogP contribution < -0.4 is 0 Å². The molecule has 0 heterocycles. The third-order valence-corrected chi connectivity index (χ3v) is 1.75. The van der Waals surface area contributed by atoms with Gasteiger partial charge in [-0.1, -0.05) is 26.7 Å². The first-order chi connectivity index (χ1) is 5.72. The van der Waals surface area contributed by atoms with Crippen molar-refractivity contribution in [3.8, 4) is 0 Å². The molecule has 2 N–H and O–H groups in total. The monoisotopic (exact) mass is 190 g/mol. The van der Waals surface area contributed by atoms with E-state index in [-0.39, 0.29) is 5.92 Å². The summed E-state index contributed by atoms with van der Waals surface area (Å²) in [6, 6.07) is 0. The standard InChI is InChI=1S/C8H16O2.Al.H2O.2H/c1-3-5-6-7(4-2)8(9)10;;;;/h7H,3-6H2,1-2H3,(H,9,10);;1H2;;/q;+1;;;/p-1. The molecule has 0 amide bonds. The number of hydrogen-bond donors (Lipinski definition) is 2. The van der Waals surface area contributed by atoms with Crippen molar-refractivity contribution in [1.29, 1.82) is 0 Å². The average Bonchev–Trinajstić information content (AvgIpc) is 2.09. The predicted molar refractivity (Wildman–Crippen MR) is 51.7 cm³/mol.